The smallest absolute Gasteiger partial charge is 0.338 e. The molecule has 0 fully saturated rings. The minimum atomic E-state index is -0.641. The Morgan fingerprint density at radius 3 is 2.52 bits per heavy atom. The fraction of sp³-hybridized carbons (Fsp3) is 0.222. The molecule has 0 bridgehead atoms. The maximum absolute atomic E-state index is 13.0. The third-order valence-electron chi connectivity index (χ3n) is 4.01. The summed E-state index contributed by atoms with van der Waals surface area (Å²) in [6, 6.07) is 10.7. The van der Waals surface area contributed by atoms with E-state index < -0.39 is 17.2 Å². The van der Waals surface area contributed by atoms with Crippen molar-refractivity contribution < 1.29 is 9.53 Å². The molecule has 0 saturated heterocycles. The molecule has 1 aromatic carbocycles. The average molecular weight is 339 g/mol. The summed E-state index contributed by atoms with van der Waals surface area (Å²) >= 11 is 0. The number of benzene rings is 1. The first-order chi connectivity index (χ1) is 11.9. The van der Waals surface area contributed by atoms with Crippen molar-refractivity contribution in [2.75, 3.05) is 7.11 Å². The maximum atomic E-state index is 13.0. The molecule has 0 atom stereocenters. The second-order valence-electron chi connectivity index (χ2n) is 5.72. The number of esters is 1. The molecule has 3 aromatic rings. The Hall–Kier alpha value is -3.22. The summed E-state index contributed by atoms with van der Waals surface area (Å²) in [5, 5.41) is 0.0791. The highest BCUT2D eigenvalue weighted by molar-refractivity contribution is 6.02. The molecule has 0 aliphatic heterocycles. The van der Waals surface area contributed by atoms with Crippen LogP contribution in [0.1, 0.15) is 21.6 Å². The SMILES string of the molecule is COC(=O)c1cc(C)nc2c1c(=O)n(Cc1ccccc1)c(=O)n2C. The molecule has 0 N–H and O–H groups in total. The Labute approximate surface area is 143 Å². The van der Waals surface area contributed by atoms with Crippen LogP contribution in [0.25, 0.3) is 11.0 Å². The number of nitrogens with zero attached hydrogens (tertiary/aromatic N) is 3. The highest BCUT2D eigenvalue weighted by atomic mass is 16.5. The van der Waals surface area contributed by atoms with Crippen molar-refractivity contribution in [1.29, 1.82) is 0 Å². The summed E-state index contributed by atoms with van der Waals surface area (Å²) in [7, 11) is 2.77. The van der Waals surface area contributed by atoms with Crippen molar-refractivity contribution in [1.82, 2.24) is 14.1 Å². The molecule has 0 unspecified atom stereocenters. The third-order valence-corrected chi connectivity index (χ3v) is 4.01. The fourth-order valence-corrected chi connectivity index (χ4v) is 2.78. The van der Waals surface area contributed by atoms with E-state index in [0.717, 1.165) is 10.1 Å². The quantitative estimate of drug-likeness (QED) is 0.671. The number of rotatable bonds is 3. The number of methoxy groups -OCH3 is 1. The zero-order valence-electron chi connectivity index (χ0n) is 14.1. The number of aromatic nitrogens is 3. The topological polar surface area (TPSA) is 83.2 Å². The predicted molar refractivity (Wildman–Crippen MR) is 92.9 cm³/mol. The lowest BCUT2D eigenvalue weighted by Gasteiger charge is -2.13. The molecular weight excluding hydrogens is 322 g/mol. The molecule has 0 aliphatic rings. The number of hydrogen-bond acceptors (Lipinski definition) is 5. The molecule has 25 heavy (non-hydrogen) atoms. The van der Waals surface area contributed by atoms with E-state index >= 15 is 0 Å². The van der Waals surface area contributed by atoms with Crippen molar-refractivity contribution in [3.63, 3.8) is 0 Å². The molecule has 0 radical (unpaired) electrons. The van der Waals surface area contributed by atoms with Gasteiger partial charge in [-0.3, -0.25) is 13.9 Å². The summed E-state index contributed by atoms with van der Waals surface area (Å²) < 4.78 is 7.16. The lowest BCUT2D eigenvalue weighted by atomic mass is 10.1. The van der Waals surface area contributed by atoms with E-state index in [1.165, 1.54) is 24.8 Å². The minimum Gasteiger partial charge on any atom is -0.465 e. The van der Waals surface area contributed by atoms with Gasteiger partial charge in [0.1, 0.15) is 5.65 Å². The van der Waals surface area contributed by atoms with E-state index in [2.05, 4.69) is 4.98 Å². The van der Waals surface area contributed by atoms with Crippen LogP contribution < -0.4 is 11.2 Å². The molecule has 0 amide bonds. The number of pyridine rings is 1. The standard InChI is InChI=1S/C18H17N3O4/c1-11-9-13(17(23)25-3)14-15(19-11)20(2)18(24)21(16(14)22)10-12-7-5-4-6-8-12/h4-9H,10H2,1-3H3. The predicted octanol–water partition coefficient (Wildman–Crippen LogP) is 1.24. The lowest BCUT2D eigenvalue weighted by Crippen LogP contribution is -2.40. The Balaban J connectivity index is 2.37. The van der Waals surface area contributed by atoms with Crippen LogP contribution in [0.4, 0.5) is 0 Å². The van der Waals surface area contributed by atoms with E-state index in [9.17, 15) is 14.4 Å². The normalized spacial score (nSPS) is 10.8. The van der Waals surface area contributed by atoms with Gasteiger partial charge < -0.3 is 4.74 Å². The van der Waals surface area contributed by atoms with Crippen LogP contribution in [0.3, 0.4) is 0 Å². The van der Waals surface area contributed by atoms with Crippen molar-refractivity contribution in [2.45, 2.75) is 13.5 Å². The first-order valence-electron chi connectivity index (χ1n) is 7.67. The van der Waals surface area contributed by atoms with Crippen molar-refractivity contribution in [2.24, 2.45) is 7.05 Å². The first-order valence-corrected chi connectivity index (χ1v) is 7.67. The molecule has 0 spiro atoms. The van der Waals surface area contributed by atoms with E-state index in [1.807, 2.05) is 30.3 Å². The Bertz CT molecular complexity index is 1080. The van der Waals surface area contributed by atoms with Gasteiger partial charge in [-0.15, -0.1) is 0 Å². The largest absolute Gasteiger partial charge is 0.465 e. The van der Waals surface area contributed by atoms with Gasteiger partial charge in [0.15, 0.2) is 0 Å². The van der Waals surface area contributed by atoms with Gasteiger partial charge in [0.05, 0.1) is 24.6 Å². The fourth-order valence-electron chi connectivity index (χ4n) is 2.78. The zero-order chi connectivity index (χ0) is 18.1. The molecule has 0 saturated carbocycles. The summed E-state index contributed by atoms with van der Waals surface area (Å²) in [4.78, 5) is 42.0. The summed E-state index contributed by atoms with van der Waals surface area (Å²) in [6.07, 6.45) is 0. The Morgan fingerprint density at radius 1 is 1.20 bits per heavy atom. The maximum Gasteiger partial charge on any atom is 0.338 e. The second kappa shape index (κ2) is 6.35. The van der Waals surface area contributed by atoms with Gasteiger partial charge in [-0.05, 0) is 18.6 Å². The van der Waals surface area contributed by atoms with E-state index in [1.54, 1.807) is 6.92 Å². The van der Waals surface area contributed by atoms with Crippen LogP contribution in [-0.2, 0) is 18.3 Å². The number of hydrogen-bond donors (Lipinski definition) is 0. The molecule has 7 nitrogen and oxygen atoms in total. The van der Waals surface area contributed by atoms with Crippen LogP contribution >= 0.6 is 0 Å². The highest BCUT2D eigenvalue weighted by Crippen LogP contribution is 2.15. The molecular formula is C18H17N3O4. The van der Waals surface area contributed by atoms with Gasteiger partial charge in [-0.25, -0.2) is 14.6 Å². The molecule has 2 heterocycles. The number of carbonyl (C=O) groups is 1. The first kappa shape index (κ1) is 16.6. The van der Waals surface area contributed by atoms with Crippen molar-refractivity contribution in [3.05, 3.63) is 74.1 Å². The number of fused-ring (bicyclic) bond motifs is 1. The van der Waals surface area contributed by atoms with Gasteiger partial charge in [0, 0.05) is 12.7 Å². The summed E-state index contributed by atoms with van der Waals surface area (Å²) in [6.45, 7) is 1.79. The molecule has 7 heteroatoms. The number of carbonyl (C=O) groups excluding carboxylic acids is 1. The van der Waals surface area contributed by atoms with Gasteiger partial charge in [0.25, 0.3) is 5.56 Å². The minimum absolute atomic E-state index is 0.0791. The Morgan fingerprint density at radius 2 is 1.88 bits per heavy atom. The van der Waals surface area contributed by atoms with E-state index in [-0.39, 0.29) is 23.1 Å². The molecule has 128 valence electrons. The van der Waals surface area contributed by atoms with Crippen LogP contribution in [0.15, 0.2) is 46.0 Å². The van der Waals surface area contributed by atoms with Crippen molar-refractivity contribution in [3.8, 4) is 0 Å². The molecule has 2 aromatic heterocycles. The van der Waals surface area contributed by atoms with E-state index in [4.69, 9.17) is 4.74 Å². The Kier molecular flexibility index (Phi) is 4.22. The monoisotopic (exact) mass is 339 g/mol. The van der Waals surface area contributed by atoms with Crippen LogP contribution in [0.5, 0.6) is 0 Å². The highest BCUT2D eigenvalue weighted by Gasteiger charge is 2.20. The summed E-state index contributed by atoms with van der Waals surface area (Å²) in [5.41, 5.74) is 0.543. The molecule has 0 aliphatic carbocycles. The summed E-state index contributed by atoms with van der Waals surface area (Å²) in [5.74, 6) is -0.641. The second-order valence-corrected chi connectivity index (χ2v) is 5.72. The van der Waals surface area contributed by atoms with Gasteiger partial charge in [-0.1, -0.05) is 30.3 Å². The van der Waals surface area contributed by atoms with Crippen LogP contribution in [-0.4, -0.2) is 27.2 Å². The lowest BCUT2D eigenvalue weighted by molar-refractivity contribution is 0.0602. The number of ether oxygens (including phenoxy) is 1. The molecule has 3 rings (SSSR count). The van der Waals surface area contributed by atoms with Gasteiger partial charge >= 0.3 is 11.7 Å². The van der Waals surface area contributed by atoms with E-state index in [0.29, 0.717) is 5.69 Å². The third kappa shape index (κ3) is 2.84. The van der Waals surface area contributed by atoms with Crippen LogP contribution in [0, 0.1) is 6.92 Å². The average Bonchev–Trinajstić information content (AvgIpc) is 2.62. The van der Waals surface area contributed by atoms with Gasteiger partial charge in [-0.2, -0.15) is 0 Å². The van der Waals surface area contributed by atoms with Crippen molar-refractivity contribution >= 4 is 17.0 Å². The van der Waals surface area contributed by atoms with Gasteiger partial charge in [0.2, 0.25) is 0 Å². The van der Waals surface area contributed by atoms with Crippen LogP contribution in [0.2, 0.25) is 0 Å². The zero-order valence-corrected chi connectivity index (χ0v) is 14.1. The number of aryl methyl sites for hydroxylation is 2.